The highest BCUT2D eigenvalue weighted by Gasteiger charge is 2.32. The van der Waals surface area contributed by atoms with Gasteiger partial charge in [-0.2, -0.15) is 0 Å². The number of anilines is 1. The summed E-state index contributed by atoms with van der Waals surface area (Å²) in [7, 11) is 0. The highest BCUT2D eigenvalue weighted by Crippen LogP contribution is 2.36. The summed E-state index contributed by atoms with van der Waals surface area (Å²) in [6, 6.07) is 14.7. The van der Waals surface area contributed by atoms with Crippen molar-refractivity contribution in [3.63, 3.8) is 0 Å². The largest absolute Gasteiger partial charge is 0.492 e. The van der Waals surface area contributed by atoms with E-state index in [-0.39, 0.29) is 28.8 Å². The lowest BCUT2D eigenvalue weighted by atomic mass is 10.0. The van der Waals surface area contributed by atoms with E-state index in [9.17, 15) is 23.2 Å². The molecule has 0 saturated carbocycles. The SMILES string of the molecule is O=C(CCN1C(=O)C(=Cc2ccc(OCCN3CCOCC3)c(-c3ccc(F)c(F)c3)c2)SC1=S)Nc1cccc(C(=O)O)c1. The lowest BCUT2D eigenvalue weighted by Crippen LogP contribution is -2.38. The van der Waals surface area contributed by atoms with Crippen LogP contribution in [0.15, 0.2) is 65.6 Å². The molecule has 2 amide bonds. The first-order valence-corrected chi connectivity index (χ1v) is 15.3. The Morgan fingerprint density at radius 2 is 1.84 bits per heavy atom. The molecule has 2 N–H and O–H groups in total. The highest BCUT2D eigenvalue weighted by atomic mass is 32.2. The number of ether oxygens (including phenoxy) is 2. The van der Waals surface area contributed by atoms with Gasteiger partial charge in [0.15, 0.2) is 11.6 Å². The molecule has 0 radical (unpaired) electrons. The molecule has 9 nitrogen and oxygen atoms in total. The molecule has 2 aliphatic rings. The quantitative estimate of drug-likeness (QED) is 0.211. The van der Waals surface area contributed by atoms with E-state index in [2.05, 4.69) is 10.2 Å². The average molecular weight is 654 g/mol. The van der Waals surface area contributed by atoms with Gasteiger partial charge in [-0.3, -0.25) is 19.4 Å². The molecule has 0 aromatic heterocycles. The number of carbonyl (C=O) groups excluding carboxylic acids is 2. The number of amides is 2. The second-order valence-corrected chi connectivity index (χ2v) is 11.9. The molecule has 2 saturated heterocycles. The van der Waals surface area contributed by atoms with Gasteiger partial charge >= 0.3 is 5.97 Å². The van der Waals surface area contributed by atoms with Crippen molar-refractivity contribution in [3.8, 4) is 16.9 Å². The van der Waals surface area contributed by atoms with E-state index >= 15 is 0 Å². The number of morpholine rings is 1. The molecule has 45 heavy (non-hydrogen) atoms. The first-order valence-electron chi connectivity index (χ1n) is 14.1. The molecule has 0 unspecified atom stereocenters. The fraction of sp³-hybridized carbons (Fsp3) is 0.250. The number of benzene rings is 3. The van der Waals surface area contributed by atoms with Crippen LogP contribution in [0.4, 0.5) is 14.5 Å². The summed E-state index contributed by atoms with van der Waals surface area (Å²) in [5, 5.41) is 11.8. The summed E-state index contributed by atoms with van der Waals surface area (Å²) in [6.45, 7) is 4.03. The molecule has 3 aromatic rings. The molecule has 234 valence electrons. The molecule has 13 heteroatoms. The second-order valence-electron chi connectivity index (χ2n) is 10.2. The summed E-state index contributed by atoms with van der Waals surface area (Å²) < 4.78 is 39.7. The summed E-state index contributed by atoms with van der Waals surface area (Å²) >= 11 is 6.50. The molecule has 0 aliphatic carbocycles. The third-order valence-electron chi connectivity index (χ3n) is 7.13. The Bertz CT molecular complexity index is 1660. The standard InChI is InChI=1S/C32H29F2N3O6S2/c33-25-6-5-21(19-26(25)34)24-16-20(4-7-27(24)43-15-12-36-10-13-42-14-11-36)17-28-30(39)37(32(44)45-28)9-8-29(38)35-23-3-1-2-22(18-23)31(40)41/h1-7,16-19H,8-15H2,(H,35,38)(H,40,41). The van der Waals surface area contributed by atoms with Crippen molar-refractivity contribution in [1.82, 2.24) is 9.80 Å². The van der Waals surface area contributed by atoms with Crippen molar-refractivity contribution < 1.29 is 37.7 Å². The first kappa shape index (κ1) is 32.2. The normalized spacial score (nSPS) is 16.3. The maximum atomic E-state index is 14.2. The van der Waals surface area contributed by atoms with Crippen molar-refractivity contribution in [2.24, 2.45) is 0 Å². The topological polar surface area (TPSA) is 108 Å². The minimum absolute atomic E-state index is 0.0302. The fourth-order valence-corrected chi connectivity index (χ4v) is 6.08. The predicted molar refractivity (Wildman–Crippen MR) is 171 cm³/mol. The summed E-state index contributed by atoms with van der Waals surface area (Å²) in [5.74, 6) is -3.36. The van der Waals surface area contributed by atoms with Crippen LogP contribution in [-0.2, 0) is 14.3 Å². The zero-order chi connectivity index (χ0) is 31.9. The third kappa shape index (κ3) is 8.31. The van der Waals surface area contributed by atoms with Crippen molar-refractivity contribution in [1.29, 1.82) is 0 Å². The van der Waals surface area contributed by atoms with Crippen molar-refractivity contribution in [2.75, 3.05) is 51.3 Å². The van der Waals surface area contributed by atoms with Crippen molar-refractivity contribution in [3.05, 3.63) is 88.3 Å². The molecular weight excluding hydrogens is 624 g/mol. The molecule has 2 heterocycles. The molecule has 0 spiro atoms. The van der Waals surface area contributed by atoms with E-state index in [0.717, 1.165) is 37.0 Å². The summed E-state index contributed by atoms with van der Waals surface area (Å²) in [6.07, 6.45) is 1.59. The van der Waals surface area contributed by atoms with Crippen LogP contribution < -0.4 is 10.1 Å². The number of nitrogens with zero attached hydrogens (tertiary/aromatic N) is 2. The Kier molecular flexibility index (Phi) is 10.6. The molecule has 5 rings (SSSR count). The Morgan fingerprint density at radius 1 is 1.04 bits per heavy atom. The van der Waals surface area contributed by atoms with Gasteiger partial charge in [0.25, 0.3) is 5.91 Å². The molecule has 3 aromatic carbocycles. The van der Waals surface area contributed by atoms with Gasteiger partial charge in [-0.05, 0) is 59.7 Å². The van der Waals surface area contributed by atoms with Gasteiger partial charge < -0.3 is 19.9 Å². The van der Waals surface area contributed by atoms with Crippen LogP contribution in [0.1, 0.15) is 22.3 Å². The number of hydrogen-bond acceptors (Lipinski definition) is 8. The zero-order valence-corrected chi connectivity index (χ0v) is 25.6. The average Bonchev–Trinajstić information content (AvgIpc) is 3.29. The van der Waals surface area contributed by atoms with Crippen LogP contribution in [0, 0.1) is 11.6 Å². The van der Waals surface area contributed by atoms with Gasteiger partial charge in [0.2, 0.25) is 5.91 Å². The van der Waals surface area contributed by atoms with E-state index < -0.39 is 23.5 Å². The van der Waals surface area contributed by atoms with Crippen LogP contribution in [0.2, 0.25) is 0 Å². The lowest BCUT2D eigenvalue weighted by molar-refractivity contribution is -0.122. The number of carbonyl (C=O) groups is 3. The minimum Gasteiger partial charge on any atom is -0.492 e. The maximum Gasteiger partial charge on any atom is 0.335 e. The number of hydrogen-bond donors (Lipinski definition) is 2. The van der Waals surface area contributed by atoms with Crippen molar-refractivity contribution >= 4 is 57.8 Å². The van der Waals surface area contributed by atoms with Crippen LogP contribution in [0.3, 0.4) is 0 Å². The Labute approximate surface area is 267 Å². The predicted octanol–water partition coefficient (Wildman–Crippen LogP) is 5.27. The van der Waals surface area contributed by atoms with E-state index in [0.29, 0.717) is 59.4 Å². The highest BCUT2D eigenvalue weighted by molar-refractivity contribution is 8.26. The molecular formula is C32H29F2N3O6S2. The molecule has 0 atom stereocenters. The van der Waals surface area contributed by atoms with Gasteiger partial charge in [0, 0.05) is 43.9 Å². The van der Waals surface area contributed by atoms with E-state index in [1.165, 1.54) is 29.2 Å². The first-order chi connectivity index (χ1) is 21.7. The van der Waals surface area contributed by atoms with Crippen LogP contribution >= 0.6 is 24.0 Å². The molecule has 2 aliphatic heterocycles. The van der Waals surface area contributed by atoms with Gasteiger partial charge in [0.1, 0.15) is 16.7 Å². The van der Waals surface area contributed by atoms with Crippen LogP contribution in [-0.4, -0.2) is 83.0 Å². The number of aromatic carboxylic acids is 1. The number of carboxylic acids is 1. The number of thiocarbonyl (C=S) groups is 1. The second kappa shape index (κ2) is 14.7. The summed E-state index contributed by atoms with van der Waals surface area (Å²) in [4.78, 5) is 40.8. The Morgan fingerprint density at radius 3 is 2.60 bits per heavy atom. The Hall–Kier alpha value is -4.17. The number of thioether (sulfide) groups is 1. The minimum atomic E-state index is -1.11. The molecule has 0 bridgehead atoms. The van der Waals surface area contributed by atoms with Crippen molar-refractivity contribution in [2.45, 2.75) is 6.42 Å². The van der Waals surface area contributed by atoms with E-state index in [4.69, 9.17) is 26.8 Å². The van der Waals surface area contributed by atoms with Gasteiger partial charge in [0.05, 0.1) is 23.7 Å². The van der Waals surface area contributed by atoms with Gasteiger partial charge in [-0.1, -0.05) is 42.2 Å². The lowest BCUT2D eigenvalue weighted by Gasteiger charge is -2.26. The fourth-order valence-electron chi connectivity index (χ4n) is 4.77. The monoisotopic (exact) mass is 653 g/mol. The third-order valence-corrected chi connectivity index (χ3v) is 8.51. The zero-order valence-electron chi connectivity index (χ0n) is 24.0. The van der Waals surface area contributed by atoms with E-state index in [1.807, 2.05) is 0 Å². The van der Waals surface area contributed by atoms with Crippen LogP contribution in [0.25, 0.3) is 17.2 Å². The molecule has 2 fully saturated rings. The van der Waals surface area contributed by atoms with Gasteiger partial charge in [-0.15, -0.1) is 0 Å². The smallest absolute Gasteiger partial charge is 0.335 e. The number of rotatable bonds is 11. The number of nitrogens with one attached hydrogen (secondary N) is 1. The van der Waals surface area contributed by atoms with E-state index in [1.54, 1.807) is 30.3 Å². The summed E-state index contributed by atoms with van der Waals surface area (Å²) in [5.41, 5.74) is 1.93. The van der Waals surface area contributed by atoms with Crippen LogP contribution in [0.5, 0.6) is 5.75 Å². The number of carboxylic acid groups (broad SMARTS) is 1. The van der Waals surface area contributed by atoms with Gasteiger partial charge in [-0.25, -0.2) is 13.6 Å². The Balaban J connectivity index is 1.28. The number of halogens is 2. The maximum absolute atomic E-state index is 14.2.